The van der Waals surface area contributed by atoms with Crippen LogP contribution in [0.2, 0.25) is 0 Å². The Morgan fingerprint density at radius 1 is 1.29 bits per heavy atom. The molecule has 35 heavy (non-hydrogen) atoms. The van der Waals surface area contributed by atoms with Crippen molar-refractivity contribution in [1.29, 1.82) is 5.26 Å². The Labute approximate surface area is 208 Å². The van der Waals surface area contributed by atoms with Crippen molar-refractivity contribution in [2.45, 2.75) is 19.4 Å². The summed E-state index contributed by atoms with van der Waals surface area (Å²) in [5, 5.41) is 24.7. The van der Waals surface area contributed by atoms with Gasteiger partial charge in [-0.3, -0.25) is 9.67 Å². The van der Waals surface area contributed by atoms with Crippen LogP contribution in [-0.2, 0) is 13.5 Å². The molecule has 0 N–H and O–H groups in total. The molecular formula is C24H18BrFN6O3. The molecule has 0 bridgehead atoms. The molecule has 176 valence electrons. The van der Waals surface area contributed by atoms with E-state index in [-0.39, 0.29) is 5.75 Å². The number of ether oxygens (including phenoxy) is 1. The molecule has 0 aliphatic carbocycles. The van der Waals surface area contributed by atoms with Crippen molar-refractivity contribution in [2.24, 2.45) is 7.05 Å². The van der Waals surface area contributed by atoms with E-state index in [1.165, 1.54) is 24.4 Å². The topological polar surface area (TPSA) is 120 Å². The fourth-order valence-corrected chi connectivity index (χ4v) is 4.03. The SMILES string of the molecule is C[C@@H](Oc1cc(Br)cnc1[N+](=O)[O-])c1cc(F)ccc1-c1ncccc1Cc1cc(C#N)nn1C. The predicted molar refractivity (Wildman–Crippen MR) is 128 cm³/mol. The second-order valence-electron chi connectivity index (χ2n) is 7.67. The van der Waals surface area contributed by atoms with Gasteiger partial charge in [0.05, 0.1) is 10.2 Å². The molecule has 0 aliphatic heterocycles. The first-order chi connectivity index (χ1) is 16.8. The molecule has 0 aliphatic rings. The van der Waals surface area contributed by atoms with Gasteiger partial charge in [-0.1, -0.05) is 6.07 Å². The van der Waals surface area contributed by atoms with Gasteiger partial charge in [0.2, 0.25) is 5.75 Å². The fraction of sp³-hybridized carbons (Fsp3) is 0.167. The van der Waals surface area contributed by atoms with Crippen molar-refractivity contribution >= 4 is 21.7 Å². The van der Waals surface area contributed by atoms with E-state index in [1.807, 2.05) is 12.1 Å². The van der Waals surface area contributed by atoms with Crippen LogP contribution in [0.3, 0.4) is 0 Å². The minimum absolute atomic E-state index is 0.0488. The van der Waals surface area contributed by atoms with Gasteiger partial charge in [0.25, 0.3) is 0 Å². The largest absolute Gasteiger partial charge is 0.478 e. The third-order valence-electron chi connectivity index (χ3n) is 5.34. The highest BCUT2D eigenvalue weighted by atomic mass is 79.9. The van der Waals surface area contributed by atoms with Crippen LogP contribution in [0.4, 0.5) is 10.2 Å². The number of nitriles is 1. The molecule has 0 spiro atoms. The Bertz CT molecular complexity index is 1470. The maximum absolute atomic E-state index is 14.3. The highest BCUT2D eigenvalue weighted by Crippen LogP contribution is 2.36. The number of halogens is 2. The summed E-state index contributed by atoms with van der Waals surface area (Å²) in [5.74, 6) is -0.975. The van der Waals surface area contributed by atoms with Crippen molar-refractivity contribution in [3.8, 4) is 23.1 Å². The molecule has 0 radical (unpaired) electrons. The van der Waals surface area contributed by atoms with Crippen LogP contribution in [0.5, 0.6) is 5.75 Å². The van der Waals surface area contributed by atoms with Crippen molar-refractivity contribution in [1.82, 2.24) is 19.7 Å². The number of benzene rings is 1. The second kappa shape index (κ2) is 9.99. The van der Waals surface area contributed by atoms with E-state index in [9.17, 15) is 14.5 Å². The lowest BCUT2D eigenvalue weighted by Crippen LogP contribution is -2.09. The van der Waals surface area contributed by atoms with Gasteiger partial charge in [0.1, 0.15) is 18.0 Å². The van der Waals surface area contributed by atoms with Crippen LogP contribution >= 0.6 is 15.9 Å². The third-order valence-corrected chi connectivity index (χ3v) is 5.77. The van der Waals surface area contributed by atoms with Gasteiger partial charge >= 0.3 is 5.82 Å². The van der Waals surface area contributed by atoms with E-state index in [0.717, 1.165) is 11.3 Å². The predicted octanol–water partition coefficient (Wildman–Crippen LogP) is 5.29. The van der Waals surface area contributed by atoms with Crippen LogP contribution in [-0.4, -0.2) is 24.7 Å². The zero-order chi connectivity index (χ0) is 25.1. The second-order valence-corrected chi connectivity index (χ2v) is 8.58. The van der Waals surface area contributed by atoms with E-state index in [4.69, 9.17) is 10.00 Å². The molecule has 1 atom stereocenters. The minimum Gasteiger partial charge on any atom is -0.478 e. The average molecular weight is 537 g/mol. The maximum Gasteiger partial charge on any atom is 0.406 e. The molecule has 0 unspecified atom stereocenters. The zero-order valence-corrected chi connectivity index (χ0v) is 20.2. The number of aromatic nitrogens is 4. The summed E-state index contributed by atoms with van der Waals surface area (Å²) in [6, 6.07) is 13.1. The summed E-state index contributed by atoms with van der Waals surface area (Å²) in [5.41, 5.74) is 3.61. The third kappa shape index (κ3) is 5.17. The first-order valence-electron chi connectivity index (χ1n) is 10.4. The summed E-state index contributed by atoms with van der Waals surface area (Å²) >= 11 is 3.25. The number of nitro groups is 1. The molecule has 4 rings (SSSR count). The van der Waals surface area contributed by atoms with Gasteiger partial charge in [-0.25, -0.2) is 4.39 Å². The smallest absolute Gasteiger partial charge is 0.406 e. The molecule has 9 nitrogen and oxygen atoms in total. The summed E-state index contributed by atoms with van der Waals surface area (Å²) in [6.07, 6.45) is 2.60. The quantitative estimate of drug-likeness (QED) is 0.232. The van der Waals surface area contributed by atoms with Crippen molar-refractivity contribution in [3.63, 3.8) is 0 Å². The standard InChI is InChI=1S/C24H18BrFN6O3/c1-14(35-22-9-16(25)13-29-24(22)32(33)34)21-10-17(26)5-6-20(21)23-15(4-3-7-28-23)8-19-11-18(12-27)30-31(19)2/h3-7,9-11,13-14H,8H2,1-2H3/t14-/m1/s1. The van der Waals surface area contributed by atoms with Crippen LogP contribution in [0, 0.1) is 27.3 Å². The Kier molecular flexibility index (Phi) is 6.84. The van der Waals surface area contributed by atoms with Gasteiger partial charge in [-0.05, 0) is 68.7 Å². The molecule has 3 aromatic heterocycles. The molecule has 0 amide bonds. The Hall–Kier alpha value is -4.17. The van der Waals surface area contributed by atoms with Gasteiger partial charge in [-0.15, -0.1) is 0 Å². The fourth-order valence-electron chi connectivity index (χ4n) is 3.72. The molecule has 0 fully saturated rings. The van der Waals surface area contributed by atoms with E-state index in [1.54, 1.807) is 43.0 Å². The summed E-state index contributed by atoms with van der Waals surface area (Å²) in [6.45, 7) is 1.67. The van der Waals surface area contributed by atoms with Gasteiger partial charge in [-0.2, -0.15) is 10.4 Å². The Morgan fingerprint density at radius 3 is 2.80 bits per heavy atom. The van der Waals surface area contributed by atoms with Crippen molar-refractivity contribution in [2.75, 3.05) is 0 Å². The monoisotopic (exact) mass is 536 g/mol. The lowest BCUT2D eigenvalue weighted by atomic mass is 9.95. The number of hydrogen-bond acceptors (Lipinski definition) is 7. The molecular weight excluding hydrogens is 519 g/mol. The van der Waals surface area contributed by atoms with Crippen LogP contribution < -0.4 is 4.74 Å². The van der Waals surface area contributed by atoms with E-state index in [2.05, 4.69) is 31.0 Å². The lowest BCUT2D eigenvalue weighted by molar-refractivity contribution is -0.390. The van der Waals surface area contributed by atoms with E-state index >= 15 is 0 Å². The van der Waals surface area contributed by atoms with Crippen LogP contribution in [0.15, 0.2) is 59.3 Å². The van der Waals surface area contributed by atoms with Crippen molar-refractivity contribution < 1.29 is 14.1 Å². The molecule has 11 heteroatoms. The summed E-state index contributed by atoms with van der Waals surface area (Å²) in [4.78, 5) is 19.1. The summed E-state index contributed by atoms with van der Waals surface area (Å²) < 4.78 is 22.4. The van der Waals surface area contributed by atoms with Crippen LogP contribution in [0.1, 0.15) is 35.5 Å². The van der Waals surface area contributed by atoms with Gasteiger partial charge in [0.15, 0.2) is 11.9 Å². The zero-order valence-electron chi connectivity index (χ0n) is 18.6. The Balaban J connectivity index is 1.75. The Morgan fingerprint density at radius 2 is 2.09 bits per heavy atom. The number of pyridine rings is 2. The molecule has 4 aromatic rings. The van der Waals surface area contributed by atoms with Gasteiger partial charge < -0.3 is 14.9 Å². The normalized spacial score (nSPS) is 11.6. The number of nitrogens with zero attached hydrogens (tertiary/aromatic N) is 6. The van der Waals surface area contributed by atoms with E-state index < -0.39 is 22.7 Å². The van der Waals surface area contributed by atoms with Crippen molar-refractivity contribution in [3.05, 3.63) is 97.8 Å². The number of aryl methyl sites for hydroxylation is 1. The maximum atomic E-state index is 14.3. The summed E-state index contributed by atoms with van der Waals surface area (Å²) in [7, 11) is 1.75. The molecule has 0 saturated heterocycles. The van der Waals surface area contributed by atoms with Crippen LogP contribution in [0.25, 0.3) is 11.3 Å². The lowest BCUT2D eigenvalue weighted by Gasteiger charge is -2.19. The van der Waals surface area contributed by atoms with Gasteiger partial charge in [0, 0.05) is 42.6 Å². The number of hydrogen-bond donors (Lipinski definition) is 0. The highest BCUT2D eigenvalue weighted by molar-refractivity contribution is 9.10. The molecule has 0 saturated carbocycles. The highest BCUT2D eigenvalue weighted by Gasteiger charge is 2.23. The molecule has 1 aromatic carbocycles. The first-order valence-corrected chi connectivity index (χ1v) is 11.2. The average Bonchev–Trinajstić information content (AvgIpc) is 3.18. The minimum atomic E-state index is -0.771. The molecule has 3 heterocycles. The van der Waals surface area contributed by atoms with E-state index in [0.29, 0.717) is 33.4 Å². The number of rotatable bonds is 7. The first kappa shape index (κ1) is 24.0.